The third-order valence-electron chi connectivity index (χ3n) is 18.1. The molecule has 0 amide bonds. The predicted molar refractivity (Wildman–Crippen MR) is 395 cm³/mol. The minimum atomic E-state index is -4.96. The number of carbonyl (C=O) groups excluding carboxylic acids is 4. The second kappa shape index (κ2) is 68.5. The summed E-state index contributed by atoms with van der Waals surface area (Å²) in [6.07, 6.45) is 55.5. The Labute approximate surface area is 594 Å². The lowest BCUT2D eigenvalue weighted by molar-refractivity contribution is -0.161. The van der Waals surface area contributed by atoms with E-state index in [1.54, 1.807) is 0 Å². The molecule has 0 fully saturated rings. The zero-order valence-corrected chi connectivity index (χ0v) is 65.3. The zero-order valence-electron chi connectivity index (χ0n) is 63.5. The Morgan fingerprint density at radius 2 is 0.474 bits per heavy atom. The maximum atomic E-state index is 13.1. The third-order valence-corrected chi connectivity index (χ3v) is 20.0. The Hall–Kier alpha value is -1.94. The monoisotopic (exact) mass is 1420 g/mol. The van der Waals surface area contributed by atoms with E-state index in [-0.39, 0.29) is 25.7 Å². The molecule has 0 aromatic heterocycles. The smallest absolute Gasteiger partial charge is 0.462 e. The van der Waals surface area contributed by atoms with Gasteiger partial charge in [-0.2, -0.15) is 0 Å². The molecule has 576 valence electrons. The first-order chi connectivity index (χ1) is 46.7. The molecule has 3 N–H and O–H groups in total. The van der Waals surface area contributed by atoms with Gasteiger partial charge in [0.15, 0.2) is 12.2 Å². The van der Waals surface area contributed by atoms with Crippen LogP contribution in [0.5, 0.6) is 0 Å². The molecular formula is C78H152O17P2. The van der Waals surface area contributed by atoms with Crippen molar-refractivity contribution >= 4 is 39.5 Å². The van der Waals surface area contributed by atoms with Crippen LogP contribution in [0.3, 0.4) is 0 Å². The topological polar surface area (TPSA) is 237 Å². The average Bonchev–Trinajstić information content (AvgIpc) is 1.17. The molecule has 0 aliphatic rings. The molecule has 0 heterocycles. The number of esters is 4. The highest BCUT2D eigenvalue weighted by Gasteiger charge is 2.30. The normalized spacial score (nSPS) is 14.0. The van der Waals surface area contributed by atoms with Crippen LogP contribution in [0.1, 0.15) is 402 Å². The van der Waals surface area contributed by atoms with Crippen molar-refractivity contribution in [2.75, 3.05) is 39.6 Å². The summed E-state index contributed by atoms with van der Waals surface area (Å²) in [5, 5.41) is 10.6. The van der Waals surface area contributed by atoms with Crippen LogP contribution in [0.2, 0.25) is 0 Å². The highest BCUT2D eigenvalue weighted by molar-refractivity contribution is 7.47. The largest absolute Gasteiger partial charge is 0.472 e. The van der Waals surface area contributed by atoms with Gasteiger partial charge in [-0.3, -0.25) is 37.3 Å². The minimum Gasteiger partial charge on any atom is -0.462 e. The molecule has 0 aliphatic carbocycles. The van der Waals surface area contributed by atoms with Gasteiger partial charge in [-0.05, 0) is 43.4 Å². The molecular weight excluding hydrogens is 1270 g/mol. The Kier molecular flexibility index (Phi) is 67.1. The van der Waals surface area contributed by atoms with Crippen LogP contribution >= 0.6 is 15.6 Å². The number of aliphatic hydroxyl groups excluding tert-OH is 1. The molecule has 0 saturated heterocycles. The Morgan fingerprint density at radius 1 is 0.278 bits per heavy atom. The van der Waals surface area contributed by atoms with E-state index in [0.717, 1.165) is 114 Å². The number of hydrogen-bond donors (Lipinski definition) is 3. The number of carbonyl (C=O) groups is 4. The first-order valence-corrected chi connectivity index (χ1v) is 43.3. The number of unbranched alkanes of at least 4 members (excludes halogenated alkanes) is 44. The van der Waals surface area contributed by atoms with Gasteiger partial charge in [0, 0.05) is 25.7 Å². The van der Waals surface area contributed by atoms with Crippen molar-refractivity contribution in [1.29, 1.82) is 0 Å². The second-order valence-electron chi connectivity index (χ2n) is 29.5. The summed E-state index contributed by atoms with van der Waals surface area (Å²) in [6.45, 7) is 11.9. The quantitative estimate of drug-likeness (QED) is 0.0222. The fourth-order valence-corrected chi connectivity index (χ4v) is 13.5. The molecule has 0 radical (unpaired) electrons. The highest BCUT2D eigenvalue weighted by Crippen LogP contribution is 2.45. The van der Waals surface area contributed by atoms with Crippen molar-refractivity contribution in [3.63, 3.8) is 0 Å². The third kappa shape index (κ3) is 72.2. The highest BCUT2D eigenvalue weighted by atomic mass is 31.2. The molecule has 2 unspecified atom stereocenters. The van der Waals surface area contributed by atoms with E-state index in [1.807, 2.05) is 0 Å². The lowest BCUT2D eigenvalue weighted by Gasteiger charge is -2.21. The summed E-state index contributed by atoms with van der Waals surface area (Å²) < 4.78 is 68.5. The van der Waals surface area contributed by atoms with Crippen LogP contribution in [-0.2, 0) is 65.4 Å². The van der Waals surface area contributed by atoms with Crippen LogP contribution in [0.15, 0.2) is 0 Å². The molecule has 97 heavy (non-hydrogen) atoms. The molecule has 0 spiro atoms. The Bertz CT molecular complexity index is 1890. The van der Waals surface area contributed by atoms with Gasteiger partial charge in [0.2, 0.25) is 0 Å². The minimum absolute atomic E-state index is 0.107. The van der Waals surface area contributed by atoms with Gasteiger partial charge in [0.25, 0.3) is 0 Å². The second-order valence-corrected chi connectivity index (χ2v) is 32.4. The van der Waals surface area contributed by atoms with E-state index in [0.29, 0.717) is 25.7 Å². The van der Waals surface area contributed by atoms with Gasteiger partial charge in [0.1, 0.15) is 19.3 Å². The van der Waals surface area contributed by atoms with Crippen LogP contribution in [-0.4, -0.2) is 96.7 Å². The molecule has 0 aliphatic heterocycles. The summed E-state index contributed by atoms with van der Waals surface area (Å²) in [6, 6.07) is 0. The summed E-state index contributed by atoms with van der Waals surface area (Å²) in [4.78, 5) is 72.8. The molecule has 5 atom stereocenters. The molecule has 0 saturated carbocycles. The summed E-state index contributed by atoms with van der Waals surface area (Å²) in [5.41, 5.74) is 0. The van der Waals surface area contributed by atoms with E-state index in [4.69, 9.17) is 37.0 Å². The summed E-state index contributed by atoms with van der Waals surface area (Å²) >= 11 is 0. The first kappa shape index (κ1) is 95.1. The maximum absolute atomic E-state index is 13.1. The van der Waals surface area contributed by atoms with E-state index >= 15 is 0 Å². The Morgan fingerprint density at radius 3 is 0.701 bits per heavy atom. The molecule has 0 aromatic carbocycles. The first-order valence-electron chi connectivity index (χ1n) is 40.3. The van der Waals surface area contributed by atoms with E-state index in [2.05, 4.69) is 48.5 Å². The number of rotatable bonds is 76. The van der Waals surface area contributed by atoms with Crippen LogP contribution in [0, 0.1) is 17.8 Å². The SMILES string of the molecule is CCCCCCCCCCC(=O)OC[C@H](COP(=O)(O)OC[C@H](O)COP(=O)(O)OC[C@@H](COC(=O)CCCCCCCCCCCCCCC(C)C)OC(=O)CCCCCCCCCCCCCCCCCCC(C)C)OC(=O)CCCCCCCCCCCCCCC(C)C. The summed E-state index contributed by atoms with van der Waals surface area (Å²) in [5.74, 6) is 0.251. The lowest BCUT2D eigenvalue weighted by atomic mass is 10.0. The number of phosphoric acid groups is 2. The predicted octanol–water partition coefficient (Wildman–Crippen LogP) is 23.0. The standard InChI is InChI=1S/C78H152O17P2/c1-8-9-10-11-12-38-45-52-59-75(80)88-65-73(94-78(83)62-55-48-41-34-28-22-20-25-31-37-44-51-58-71(6)7)67-92-96(84,85)90-63-72(79)64-91-97(86,87)93-68-74(66-89-76(81)60-53-46-39-32-26-21-19-24-30-36-43-50-57-70(4)5)95-77(82)61-54-47-40-33-27-18-16-14-13-15-17-23-29-35-42-49-56-69(2)3/h69-74,79H,8-68H2,1-7H3,(H,84,85)(H,86,87)/t72-,73+,74+/m0/s1. The van der Waals surface area contributed by atoms with Gasteiger partial charge in [-0.1, -0.05) is 350 Å². The van der Waals surface area contributed by atoms with E-state index in [1.165, 1.54) is 205 Å². The van der Waals surface area contributed by atoms with Gasteiger partial charge < -0.3 is 33.8 Å². The molecule has 17 nitrogen and oxygen atoms in total. The molecule has 0 aromatic rings. The van der Waals surface area contributed by atoms with E-state index < -0.39 is 97.5 Å². The summed E-state index contributed by atoms with van der Waals surface area (Å²) in [7, 11) is -9.91. The van der Waals surface area contributed by atoms with E-state index in [9.17, 15) is 43.2 Å². The zero-order chi connectivity index (χ0) is 71.6. The van der Waals surface area contributed by atoms with Crippen LogP contribution < -0.4 is 0 Å². The van der Waals surface area contributed by atoms with Crippen molar-refractivity contribution in [3.8, 4) is 0 Å². The Balaban J connectivity index is 5.21. The molecule has 0 rings (SSSR count). The van der Waals surface area contributed by atoms with Crippen molar-refractivity contribution in [3.05, 3.63) is 0 Å². The number of hydrogen-bond acceptors (Lipinski definition) is 15. The maximum Gasteiger partial charge on any atom is 0.472 e. The van der Waals surface area contributed by atoms with Gasteiger partial charge in [-0.15, -0.1) is 0 Å². The van der Waals surface area contributed by atoms with Gasteiger partial charge in [0.05, 0.1) is 26.4 Å². The fourth-order valence-electron chi connectivity index (χ4n) is 12.0. The fraction of sp³-hybridized carbons (Fsp3) is 0.949. The number of aliphatic hydroxyl groups is 1. The lowest BCUT2D eigenvalue weighted by Crippen LogP contribution is -2.30. The van der Waals surface area contributed by atoms with Gasteiger partial charge >= 0.3 is 39.5 Å². The van der Waals surface area contributed by atoms with Crippen LogP contribution in [0.25, 0.3) is 0 Å². The van der Waals surface area contributed by atoms with Gasteiger partial charge in [-0.25, -0.2) is 9.13 Å². The van der Waals surface area contributed by atoms with Crippen LogP contribution in [0.4, 0.5) is 0 Å². The molecule has 0 bridgehead atoms. The number of phosphoric ester groups is 2. The molecule has 19 heteroatoms. The van der Waals surface area contributed by atoms with Crippen molar-refractivity contribution < 1.29 is 80.2 Å². The van der Waals surface area contributed by atoms with Crippen molar-refractivity contribution in [1.82, 2.24) is 0 Å². The average molecular weight is 1420 g/mol. The number of ether oxygens (including phenoxy) is 4. The van der Waals surface area contributed by atoms with Crippen molar-refractivity contribution in [2.24, 2.45) is 17.8 Å². The van der Waals surface area contributed by atoms with Crippen molar-refractivity contribution in [2.45, 2.75) is 420 Å².